The molecule has 1 rings (SSSR count). The maximum absolute atomic E-state index is 4.37. The van der Waals surface area contributed by atoms with E-state index in [9.17, 15) is 0 Å². The summed E-state index contributed by atoms with van der Waals surface area (Å²) in [4.78, 5) is 0. The van der Waals surface area contributed by atoms with Crippen molar-refractivity contribution in [1.29, 1.82) is 0 Å². The Labute approximate surface area is 132 Å². The average Bonchev–Trinajstić information content (AvgIpc) is 2.64. The van der Waals surface area contributed by atoms with Crippen molar-refractivity contribution in [2.24, 2.45) is 11.3 Å². The Morgan fingerprint density at radius 2 is 1.86 bits per heavy atom. The van der Waals surface area contributed by atoms with Crippen LogP contribution in [0.1, 0.15) is 72.6 Å². The van der Waals surface area contributed by atoms with Gasteiger partial charge in [-0.25, -0.2) is 5.43 Å². The van der Waals surface area contributed by atoms with E-state index in [0.717, 1.165) is 13.0 Å². The van der Waals surface area contributed by atoms with Crippen LogP contribution in [0, 0.1) is 11.3 Å². The van der Waals surface area contributed by atoms with Crippen molar-refractivity contribution < 1.29 is 0 Å². The second-order valence-corrected chi connectivity index (χ2v) is 6.54. The molecule has 0 fully saturated rings. The molecule has 2 heteroatoms. The van der Waals surface area contributed by atoms with Gasteiger partial charge < -0.3 is 5.01 Å². The number of likely N-dealkylation sites (N-methyl/N-ethyl adjacent to an activating group) is 1. The molecule has 0 spiro atoms. The van der Waals surface area contributed by atoms with Crippen molar-refractivity contribution in [3.05, 3.63) is 23.9 Å². The molecular weight excluding hydrogens is 256 g/mol. The van der Waals surface area contributed by atoms with Gasteiger partial charge >= 0.3 is 0 Å². The Bertz CT molecular complexity index is 351. The van der Waals surface area contributed by atoms with Gasteiger partial charge in [0.15, 0.2) is 0 Å². The Balaban J connectivity index is 3.17. The first-order valence-corrected chi connectivity index (χ1v) is 8.92. The Kier molecular flexibility index (Phi) is 7.51. The molecule has 0 amide bonds. The molecule has 1 heterocycles. The standard InChI is InChI=1S/C19H36N2/c1-7-13-19(10-4,14-8-2)18(9-3)17-12-11-15-20-21(6)16(17)5/h12,18,20H,5,7-11,13-15H2,1-4,6H3. The fraction of sp³-hybridized carbons (Fsp3) is 0.789. The summed E-state index contributed by atoms with van der Waals surface area (Å²) >= 11 is 0. The summed E-state index contributed by atoms with van der Waals surface area (Å²) in [5, 5.41) is 2.12. The lowest BCUT2D eigenvalue weighted by atomic mass is 9.63. The molecule has 0 radical (unpaired) electrons. The number of nitrogens with zero attached hydrogens (tertiary/aromatic N) is 1. The molecule has 0 aromatic carbocycles. The van der Waals surface area contributed by atoms with Gasteiger partial charge in [-0.3, -0.25) is 0 Å². The number of nitrogens with one attached hydrogen (secondary N) is 1. The molecular formula is C19H36N2. The largest absolute Gasteiger partial charge is 0.312 e. The second kappa shape index (κ2) is 8.63. The normalized spacial score (nSPS) is 18.4. The number of hydrogen-bond donors (Lipinski definition) is 1. The number of rotatable bonds is 8. The van der Waals surface area contributed by atoms with E-state index in [1.807, 2.05) is 0 Å². The molecule has 1 aliphatic rings. The van der Waals surface area contributed by atoms with Crippen molar-refractivity contribution in [3.8, 4) is 0 Å². The summed E-state index contributed by atoms with van der Waals surface area (Å²) in [6, 6.07) is 0. The van der Waals surface area contributed by atoms with Crippen LogP contribution in [-0.4, -0.2) is 18.6 Å². The maximum Gasteiger partial charge on any atom is 0.0476 e. The Morgan fingerprint density at radius 1 is 1.24 bits per heavy atom. The van der Waals surface area contributed by atoms with E-state index < -0.39 is 0 Å². The maximum atomic E-state index is 4.37. The van der Waals surface area contributed by atoms with E-state index in [-0.39, 0.29) is 0 Å². The Morgan fingerprint density at radius 3 is 2.33 bits per heavy atom. The van der Waals surface area contributed by atoms with Crippen molar-refractivity contribution >= 4 is 0 Å². The number of hydrogen-bond acceptors (Lipinski definition) is 2. The fourth-order valence-corrected chi connectivity index (χ4v) is 4.26. The first-order valence-electron chi connectivity index (χ1n) is 8.92. The Hall–Kier alpha value is -0.760. The van der Waals surface area contributed by atoms with Gasteiger partial charge in [0.2, 0.25) is 0 Å². The molecule has 0 bridgehead atoms. The quantitative estimate of drug-likeness (QED) is 0.654. The summed E-state index contributed by atoms with van der Waals surface area (Å²) in [6.45, 7) is 14.8. The third kappa shape index (κ3) is 4.12. The predicted molar refractivity (Wildman–Crippen MR) is 93.9 cm³/mol. The first-order chi connectivity index (χ1) is 10.1. The van der Waals surface area contributed by atoms with Gasteiger partial charge in [-0.05, 0) is 49.0 Å². The van der Waals surface area contributed by atoms with Crippen LogP contribution in [-0.2, 0) is 0 Å². The summed E-state index contributed by atoms with van der Waals surface area (Å²) in [5.41, 5.74) is 6.53. The minimum atomic E-state index is 0.443. The van der Waals surface area contributed by atoms with Crippen LogP contribution in [0.15, 0.2) is 23.9 Å². The van der Waals surface area contributed by atoms with Gasteiger partial charge in [-0.1, -0.05) is 53.2 Å². The van der Waals surface area contributed by atoms with Crippen molar-refractivity contribution in [1.82, 2.24) is 10.4 Å². The predicted octanol–water partition coefficient (Wildman–Crippen LogP) is 5.29. The third-order valence-electron chi connectivity index (χ3n) is 5.32. The van der Waals surface area contributed by atoms with Crippen LogP contribution in [0.3, 0.4) is 0 Å². The third-order valence-corrected chi connectivity index (χ3v) is 5.32. The van der Waals surface area contributed by atoms with Crippen LogP contribution in [0.4, 0.5) is 0 Å². The summed E-state index contributed by atoms with van der Waals surface area (Å²) < 4.78 is 0. The molecule has 0 saturated carbocycles. The lowest BCUT2D eigenvalue weighted by molar-refractivity contribution is 0.135. The number of hydrazine groups is 1. The average molecular weight is 293 g/mol. The highest BCUT2D eigenvalue weighted by molar-refractivity contribution is 5.32. The zero-order valence-corrected chi connectivity index (χ0v) is 15.0. The topological polar surface area (TPSA) is 15.3 Å². The van der Waals surface area contributed by atoms with Gasteiger partial charge in [0.1, 0.15) is 0 Å². The first kappa shape index (κ1) is 18.3. The highest BCUT2D eigenvalue weighted by Crippen LogP contribution is 2.48. The molecule has 122 valence electrons. The van der Waals surface area contributed by atoms with E-state index in [0.29, 0.717) is 11.3 Å². The molecule has 0 aliphatic carbocycles. The van der Waals surface area contributed by atoms with Crippen molar-refractivity contribution in [2.45, 2.75) is 72.6 Å². The van der Waals surface area contributed by atoms with Crippen LogP contribution < -0.4 is 5.43 Å². The lowest BCUT2D eigenvalue weighted by Gasteiger charge is -2.43. The van der Waals surface area contributed by atoms with Crippen LogP contribution in [0.25, 0.3) is 0 Å². The number of allylic oxidation sites excluding steroid dienone is 1. The molecule has 0 saturated heterocycles. The molecule has 2 nitrogen and oxygen atoms in total. The molecule has 1 N–H and O–H groups in total. The summed E-state index contributed by atoms with van der Waals surface area (Å²) in [5.74, 6) is 0.636. The molecule has 0 aromatic heterocycles. The van der Waals surface area contributed by atoms with Gasteiger partial charge in [-0.2, -0.15) is 0 Å². The highest BCUT2D eigenvalue weighted by atomic mass is 15.5. The molecule has 1 unspecified atom stereocenters. The smallest absolute Gasteiger partial charge is 0.0476 e. The lowest BCUT2D eigenvalue weighted by Crippen LogP contribution is -2.37. The van der Waals surface area contributed by atoms with Crippen molar-refractivity contribution in [3.63, 3.8) is 0 Å². The zero-order valence-electron chi connectivity index (χ0n) is 15.0. The molecule has 21 heavy (non-hydrogen) atoms. The highest BCUT2D eigenvalue weighted by Gasteiger charge is 2.38. The fourth-order valence-electron chi connectivity index (χ4n) is 4.26. The van der Waals surface area contributed by atoms with E-state index in [4.69, 9.17) is 0 Å². The van der Waals surface area contributed by atoms with Gasteiger partial charge in [0.25, 0.3) is 0 Å². The van der Waals surface area contributed by atoms with Crippen LogP contribution in [0.2, 0.25) is 0 Å². The monoisotopic (exact) mass is 292 g/mol. The molecule has 0 aromatic rings. The van der Waals surface area contributed by atoms with Gasteiger partial charge in [-0.15, -0.1) is 0 Å². The SMILES string of the molecule is C=C1C(C(CC)C(CC)(CCC)CCC)=CCCNN1C. The summed E-state index contributed by atoms with van der Waals surface area (Å²) in [7, 11) is 2.10. The zero-order chi connectivity index (χ0) is 15.9. The van der Waals surface area contributed by atoms with Crippen molar-refractivity contribution in [2.75, 3.05) is 13.6 Å². The van der Waals surface area contributed by atoms with E-state index >= 15 is 0 Å². The van der Waals surface area contributed by atoms with Gasteiger partial charge in [0, 0.05) is 19.3 Å². The van der Waals surface area contributed by atoms with Crippen LogP contribution in [0.5, 0.6) is 0 Å². The molecule has 1 atom stereocenters. The minimum absolute atomic E-state index is 0.443. The van der Waals surface area contributed by atoms with E-state index in [2.05, 4.69) is 57.8 Å². The second-order valence-electron chi connectivity index (χ2n) is 6.54. The van der Waals surface area contributed by atoms with E-state index in [1.165, 1.54) is 49.8 Å². The van der Waals surface area contributed by atoms with Gasteiger partial charge in [0.05, 0.1) is 0 Å². The van der Waals surface area contributed by atoms with Crippen LogP contribution >= 0.6 is 0 Å². The molecule has 1 aliphatic heterocycles. The van der Waals surface area contributed by atoms with E-state index in [1.54, 1.807) is 0 Å². The minimum Gasteiger partial charge on any atom is -0.312 e. The summed E-state index contributed by atoms with van der Waals surface area (Å²) in [6.07, 6.45) is 11.3.